The molecule has 22 heavy (non-hydrogen) atoms. The molecule has 0 bridgehead atoms. The van der Waals surface area contributed by atoms with Crippen LogP contribution in [0, 0.1) is 0 Å². The van der Waals surface area contributed by atoms with Gasteiger partial charge in [-0.25, -0.2) is 4.79 Å². The van der Waals surface area contributed by atoms with E-state index in [1.165, 1.54) is 0 Å². The highest BCUT2D eigenvalue weighted by Gasteiger charge is 2.23. The molecule has 0 amide bonds. The Hall–Kier alpha value is -2.20. The molecular weight excluding hydrogens is 282 g/mol. The minimum Gasteiger partial charge on any atom is -0.482 e. The molecule has 118 valence electrons. The first-order valence-corrected chi connectivity index (χ1v) is 7.41. The molecule has 1 aromatic rings. The van der Waals surface area contributed by atoms with Crippen molar-refractivity contribution in [1.82, 2.24) is 0 Å². The van der Waals surface area contributed by atoms with E-state index in [0.717, 1.165) is 30.4 Å². The normalized spacial score (nSPS) is 17.1. The van der Waals surface area contributed by atoms with Crippen LogP contribution in [0.1, 0.15) is 50.8 Å². The second-order valence-electron chi connectivity index (χ2n) is 6.31. The zero-order chi connectivity index (χ0) is 16.2. The van der Waals surface area contributed by atoms with E-state index in [9.17, 15) is 4.79 Å². The second kappa shape index (κ2) is 6.71. The van der Waals surface area contributed by atoms with E-state index >= 15 is 0 Å². The van der Waals surface area contributed by atoms with E-state index in [2.05, 4.69) is 10.0 Å². The summed E-state index contributed by atoms with van der Waals surface area (Å²) in [4.78, 5) is 14.7. The molecule has 0 N–H and O–H groups in total. The number of azide groups is 1. The maximum Gasteiger partial charge on any atom is 0.344 e. The monoisotopic (exact) mass is 303 g/mol. The van der Waals surface area contributed by atoms with Gasteiger partial charge in [-0.05, 0) is 62.8 Å². The van der Waals surface area contributed by atoms with E-state index < -0.39 is 11.6 Å². The maximum absolute atomic E-state index is 11.8. The molecule has 1 atom stereocenters. The number of hydrogen-bond donors (Lipinski definition) is 0. The molecule has 0 fully saturated rings. The van der Waals surface area contributed by atoms with Crippen LogP contribution >= 0.6 is 0 Å². The highest BCUT2D eigenvalue weighted by molar-refractivity contribution is 5.71. The summed E-state index contributed by atoms with van der Waals surface area (Å²) < 4.78 is 10.9. The van der Waals surface area contributed by atoms with E-state index in [0.29, 0.717) is 5.75 Å². The van der Waals surface area contributed by atoms with Crippen LogP contribution in [0.4, 0.5) is 0 Å². The Morgan fingerprint density at radius 2 is 2.23 bits per heavy atom. The summed E-state index contributed by atoms with van der Waals surface area (Å²) in [5, 5.41) is 3.84. The maximum atomic E-state index is 11.8. The number of carbonyl (C=O) groups is 1. The molecule has 2 rings (SSSR count). The van der Waals surface area contributed by atoms with Crippen molar-refractivity contribution in [3.63, 3.8) is 0 Å². The molecule has 0 heterocycles. The second-order valence-corrected chi connectivity index (χ2v) is 6.31. The fraction of sp³-hybridized carbons (Fsp3) is 0.562. The predicted molar refractivity (Wildman–Crippen MR) is 82.6 cm³/mol. The minimum atomic E-state index is -0.525. The van der Waals surface area contributed by atoms with Crippen molar-refractivity contribution >= 4 is 5.97 Å². The average molecular weight is 303 g/mol. The third-order valence-electron chi connectivity index (χ3n) is 3.39. The Balaban J connectivity index is 2.11. The first kappa shape index (κ1) is 16.2. The highest BCUT2D eigenvalue weighted by Crippen LogP contribution is 2.37. The lowest BCUT2D eigenvalue weighted by molar-refractivity contribution is -0.157. The Morgan fingerprint density at radius 1 is 1.45 bits per heavy atom. The van der Waals surface area contributed by atoms with Crippen molar-refractivity contribution in [2.45, 2.75) is 51.7 Å². The zero-order valence-corrected chi connectivity index (χ0v) is 13.2. The van der Waals surface area contributed by atoms with Gasteiger partial charge in [0.05, 0.1) is 6.04 Å². The standard InChI is InChI=1S/C16H21N3O3/c1-16(2,3)22-15(20)10-21-14-9-5-6-11-12(14)7-4-8-13(11)18-19-17/h5-6,9,13H,4,7-8,10H2,1-3H3/t13-/m1/s1. The van der Waals surface area contributed by atoms with Crippen molar-refractivity contribution in [1.29, 1.82) is 0 Å². The number of rotatable bonds is 4. The molecule has 6 nitrogen and oxygen atoms in total. The van der Waals surface area contributed by atoms with Gasteiger partial charge < -0.3 is 9.47 Å². The van der Waals surface area contributed by atoms with Crippen molar-refractivity contribution in [3.05, 3.63) is 39.8 Å². The number of fused-ring (bicyclic) bond motifs is 1. The van der Waals surface area contributed by atoms with Gasteiger partial charge in [-0.2, -0.15) is 0 Å². The third-order valence-corrected chi connectivity index (χ3v) is 3.39. The molecule has 0 saturated heterocycles. The van der Waals surface area contributed by atoms with Crippen LogP contribution in [-0.4, -0.2) is 18.2 Å². The summed E-state index contributed by atoms with van der Waals surface area (Å²) in [6.07, 6.45) is 2.63. The van der Waals surface area contributed by atoms with Crippen LogP contribution < -0.4 is 4.74 Å². The van der Waals surface area contributed by atoms with Crippen molar-refractivity contribution in [2.24, 2.45) is 5.11 Å². The largest absolute Gasteiger partial charge is 0.482 e. The Labute approximate surface area is 130 Å². The van der Waals surface area contributed by atoms with Gasteiger partial charge >= 0.3 is 5.97 Å². The van der Waals surface area contributed by atoms with Crippen LogP contribution in [0.25, 0.3) is 10.4 Å². The van der Waals surface area contributed by atoms with Gasteiger partial charge in [0.1, 0.15) is 11.4 Å². The van der Waals surface area contributed by atoms with Gasteiger partial charge in [0.25, 0.3) is 0 Å². The lowest BCUT2D eigenvalue weighted by atomic mass is 9.87. The molecule has 0 aliphatic heterocycles. The molecule has 0 unspecified atom stereocenters. The number of hydrogen-bond acceptors (Lipinski definition) is 4. The molecule has 1 aromatic carbocycles. The van der Waals surface area contributed by atoms with Gasteiger partial charge in [0, 0.05) is 4.91 Å². The van der Waals surface area contributed by atoms with Crippen LogP contribution in [0.2, 0.25) is 0 Å². The fourth-order valence-corrected chi connectivity index (χ4v) is 2.62. The minimum absolute atomic E-state index is 0.125. The fourth-order valence-electron chi connectivity index (χ4n) is 2.62. The molecule has 6 heteroatoms. The molecule has 0 aromatic heterocycles. The quantitative estimate of drug-likeness (QED) is 0.363. The Kier molecular flexibility index (Phi) is 4.93. The lowest BCUT2D eigenvalue weighted by Gasteiger charge is -2.24. The zero-order valence-electron chi connectivity index (χ0n) is 13.2. The molecule has 0 saturated carbocycles. The van der Waals surface area contributed by atoms with Crippen LogP contribution in [-0.2, 0) is 16.0 Å². The van der Waals surface area contributed by atoms with Crippen molar-refractivity contribution in [3.8, 4) is 5.75 Å². The number of esters is 1. The molecule has 1 aliphatic rings. The van der Waals surface area contributed by atoms with Crippen molar-refractivity contribution < 1.29 is 14.3 Å². The van der Waals surface area contributed by atoms with Gasteiger partial charge in [0.2, 0.25) is 0 Å². The molecule has 0 spiro atoms. The number of carbonyl (C=O) groups excluding carboxylic acids is 1. The lowest BCUT2D eigenvalue weighted by Crippen LogP contribution is -2.27. The van der Waals surface area contributed by atoms with E-state index in [4.69, 9.17) is 15.0 Å². The first-order chi connectivity index (χ1) is 10.4. The summed E-state index contributed by atoms with van der Waals surface area (Å²) in [5.74, 6) is 0.272. The Bertz CT molecular complexity index is 601. The summed E-state index contributed by atoms with van der Waals surface area (Å²) in [6, 6.07) is 5.49. The molecule has 0 radical (unpaired) electrons. The summed E-state index contributed by atoms with van der Waals surface area (Å²) >= 11 is 0. The highest BCUT2D eigenvalue weighted by atomic mass is 16.6. The molecular formula is C16H21N3O3. The predicted octanol–water partition coefficient (Wildman–Crippen LogP) is 4.09. The number of nitrogens with zero attached hydrogens (tertiary/aromatic N) is 3. The number of benzene rings is 1. The van der Waals surface area contributed by atoms with Crippen molar-refractivity contribution in [2.75, 3.05) is 6.61 Å². The summed E-state index contributed by atoms with van der Waals surface area (Å²) in [6.45, 7) is 5.33. The first-order valence-electron chi connectivity index (χ1n) is 7.41. The van der Waals surface area contributed by atoms with Crippen LogP contribution in [0.5, 0.6) is 5.75 Å². The van der Waals surface area contributed by atoms with Crippen LogP contribution in [0.15, 0.2) is 23.3 Å². The van der Waals surface area contributed by atoms with Gasteiger partial charge in [-0.1, -0.05) is 17.2 Å². The summed E-state index contributed by atoms with van der Waals surface area (Å²) in [5.41, 5.74) is 10.2. The van der Waals surface area contributed by atoms with Gasteiger partial charge in [-0.15, -0.1) is 0 Å². The number of ether oxygens (including phenoxy) is 2. The van der Waals surface area contributed by atoms with E-state index in [-0.39, 0.29) is 12.6 Å². The smallest absolute Gasteiger partial charge is 0.344 e. The SMILES string of the molecule is CC(C)(C)OC(=O)COc1cccc2c1CCC[C@H]2N=[N+]=[N-]. The van der Waals surface area contributed by atoms with E-state index in [1.807, 2.05) is 39.0 Å². The summed E-state index contributed by atoms with van der Waals surface area (Å²) in [7, 11) is 0. The topological polar surface area (TPSA) is 84.3 Å². The molecule has 1 aliphatic carbocycles. The average Bonchev–Trinajstić information content (AvgIpc) is 2.44. The van der Waals surface area contributed by atoms with Gasteiger partial charge in [0.15, 0.2) is 6.61 Å². The third kappa shape index (κ3) is 4.15. The van der Waals surface area contributed by atoms with Gasteiger partial charge in [-0.3, -0.25) is 0 Å². The van der Waals surface area contributed by atoms with Crippen LogP contribution in [0.3, 0.4) is 0 Å². The van der Waals surface area contributed by atoms with E-state index in [1.54, 1.807) is 0 Å². The Morgan fingerprint density at radius 3 is 2.91 bits per heavy atom.